The van der Waals surface area contributed by atoms with E-state index in [4.69, 9.17) is 4.42 Å². The van der Waals surface area contributed by atoms with Crippen molar-refractivity contribution in [3.63, 3.8) is 0 Å². The Morgan fingerprint density at radius 1 is 1.09 bits per heavy atom. The van der Waals surface area contributed by atoms with Gasteiger partial charge in [-0.1, -0.05) is 19.1 Å². The average Bonchev–Trinajstić information content (AvgIpc) is 3.18. The summed E-state index contributed by atoms with van der Waals surface area (Å²) in [6.45, 7) is 8.81. The molecule has 3 aliphatic heterocycles. The molecular formula is C25H25FN4O2. The van der Waals surface area contributed by atoms with Crippen molar-refractivity contribution in [2.24, 2.45) is 0 Å². The zero-order chi connectivity index (χ0) is 22.2. The van der Waals surface area contributed by atoms with Gasteiger partial charge < -0.3 is 14.2 Å². The second-order valence-corrected chi connectivity index (χ2v) is 8.10. The van der Waals surface area contributed by atoms with Gasteiger partial charge in [0.1, 0.15) is 5.52 Å². The monoisotopic (exact) mass is 432 g/mol. The maximum Gasteiger partial charge on any atom is 0.255 e. The van der Waals surface area contributed by atoms with Gasteiger partial charge in [-0.05, 0) is 48.0 Å². The number of oxazole rings is 1. The molecule has 1 fully saturated rings. The fourth-order valence-electron chi connectivity index (χ4n) is 4.28. The maximum atomic E-state index is 14.6. The Hall–Kier alpha value is -3.45. The van der Waals surface area contributed by atoms with E-state index in [0.29, 0.717) is 22.6 Å². The van der Waals surface area contributed by atoms with E-state index >= 15 is 0 Å². The second kappa shape index (κ2) is 8.24. The van der Waals surface area contributed by atoms with Crippen LogP contribution in [-0.4, -0.2) is 58.3 Å². The number of fused-ring (bicyclic) bond motifs is 2. The predicted octanol–water partition coefficient (Wildman–Crippen LogP) is 3.99. The summed E-state index contributed by atoms with van der Waals surface area (Å²) in [6, 6.07) is 3.11. The molecule has 1 aromatic carbocycles. The van der Waals surface area contributed by atoms with Gasteiger partial charge in [0.05, 0.1) is 5.70 Å². The van der Waals surface area contributed by atoms with Crippen LogP contribution in [0, 0.1) is 12.7 Å². The molecule has 4 heterocycles. The van der Waals surface area contributed by atoms with Crippen molar-refractivity contribution in [2.45, 2.75) is 13.8 Å². The van der Waals surface area contributed by atoms with Crippen molar-refractivity contribution < 1.29 is 13.6 Å². The van der Waals surface area contributed by atoms with E-state index in [1.165, 1.54) is 12.1 Å². The third-order valence-electron chi connectivity index (χ3n) is 6.10. The Labute approximate surface area is 186 Å². The molecule has 1 saturated heterocycles. The highest BCUT2D eigenvalue weighted by molar-refractivity contribution is 6.00. The third-order valence-corrected chi connectivity index (χ3v) is 6.10. The number of hydrogen-bond acceptors (Lipinski definition) is 5. The van der Waals surface area contributed by atoms with Gasteiger partial charge in [-0.3, -0.25) is 9.69 Å². The lowest BCUT2D eigenvalue weighted by Crippen LogP contribution is -2.46. The zero-order valence-corrected chi connectivity index (χ0v) is 18.2. The summed E-state index contributed by atoms with van der Waals surface area (Å²) >= 11 is 0. The molecule has 1 amide bonds. The summed E-state index contributed by atoms with van der Waals surface area (Å²) in [5.41, 5.74) is 3.57. The first-order chi connectivity index (χ1) is 15.5. The van der Waals surface area contributed by atoms with Gasteiger partial charge in [-0.25, -0.2) is 9.37 Å². The highest BCUT2D eigenvalue weighted by Gasteiger charge is 2.23. The number of piperazine rings is 1. The van der Waals surface area contributed by atoms with Gasteiger partial charge >= 0.3 is 0 Å². The van der Waals surface area contributed by atoms with E-state index < -0.39 is 5.82 Å². The van der Waals surface area contributed by atoms with Gasteiger partial charge in [0.25, 0.3) is 5.91 Å². The van der Waals surface area contributed by atoms with E-state index in [1.54, 1.807) is 17.9 Å². The fraction of sp³-hybridized carbons (Fsp3) is 0.280. The quantitative estimate of drug-likeness (QED) is 0.734. The molecule has 0 N–H and O–H groups in total. The molecule has 32 heavy (non-hydrogen) atoms. The van der Waals surface area contributed by atoms with Crippen LogP contribution in [0.15, 0.2) is 70.6 Å². The van der Waals surface area contributed by atoms with Crippen LogP contribution in [0.25, 0.3) is 16.7 Å². The molecule has 0 atom stereocenters. The number of allylic oxidation sites excluding steroid dienone is 6. The molecular weight excluding hydrogens is 407 g/mol. The molecule has 0 spiro atoms. The first kappa shape index (κ1) is 20.5. The van der Waals surface area contributed by atoms with Gasteiger partial charge in [-0.2, -0.15) is 0 Å². The van der Waals surface area contributed by atoms with Crippen LogP contribution in [0.5, 0.6) is 0 Å². The van der Waals surface area contributed by atoms with Crippen molar-refractivity contribution >= 4 is 22.6 Å². The number of hydrogen-bond donors (Lipinski definition) is 0. The van der Waals surface area contributed by atoms with Gasteiger partial charge in [0, 0.05) is 51.1 Å². The summed E-state index contributed by atoms with van der Waals surface area (Å²) in [5, 5.41) is 0. The van der Waals surface area contributed by atoms with Crippen molar-refractivity contribution in [1.82, 2.24) is 19.7 Å². The first-order valence-corrected chi connectivity index (χ1v) is 10.9. The largest absolute Gasteiger partial charge is 0.441 e. The normalized spacial score (nSPS) is 23.7. The standard InChI is InChI=1S/C25H25FN4O2/c1-3-28-9-11-29(12-10-28)21-8-7-20-6-4-5-18(15-24(31)30(20)16-21)19-13-22(26)25-23(14-19)32-17(2)27-25/h4-8,13-16H,3,9-12H2,1-2H3/b5-4+,18-15+,20-6+. The van der Waals surface area contributed by atoms with Crippen molar-refractivity contribution in [2.75, 3.05) is 32.7 Å². The molecule has 164 valence electrons. The second-order valence-electron chi connectivity index (χ2n) is 8.10. The lowest BCUT2D eigenvalue weighted by molar-refractivity contribution is -0.122. The molecule has 0 aliphatic carbocycles. The molecule has 0 radical (unpaired) electrons. The van der Waals surface area contributed by atoms with E-state index in [9.17, 15) is 9.18 Å². The summed E-state index contributed by atoms with van der Waals surface area (Å²) in [7, 11) is 0. The van der Waals surface area contributed by atoms with Crippen molar-refractivity contribution in [1.29, 1.82) is 0 Å². The Morgan fingerprint density at radius 3 is 2.66 bits per heavy atom. The summed E-state index contributed by atoms with van der Waals surface area (Å²) < 4.78 is 20.1. The molecule has 3 aliphatic rings. The minimum Gasteiger partial charge on any atom is -0.441 e. The number of nitrogens with zero attached hydrogens (tertiary/aromatic N) is 4. The van der Waals surface area contributed by atoms with Crippen LogP contribution in [-0.2, 0) is 4.79 Å². The van der Waals surface area contributed by atoms with E-state index in [1.807, 2.05) is 30.5 Å². The van der Waals surface area contributed by atoms with Crippen LogP contribution in [0.2, 0.25) is 0 Å². The first-order valence-electron chi connectivity index (χ1n) is 10.9. The van der Waals surface area contributed by atoms with Gasteiger partial charge in [-0.15, -0.1) is 0 Å². The number of aryl methyl sites for hydroxylation is 1. The minimum atomic E-state index is -0.469. The molecule has 1 aromatic heterocycles. The Morgan fingerprint density at radius 2 is 1.88 bits per heavy atom. The van der Waals surface area contributed by atoms with Crippen LogP contribution >= 0.6 is 0 Å². The SMILES string of the molecule is CCN1CCN(C2=CN3C(=O)\C=C(c4cc(F)c5nc(C)oc5c4)/C=C/C=C/3C=C2)CC1. The topological polar surface area (TPSA) is 52.8 Å². The van der Waals surface area contributed by atoms with E-state index in [-0.39, 0.29) is 11.4 Å². The molecule has 0 bridgehead atoms. The number of likely N-dealkylation sites (N-methyl/N-ethyl adjacent to an activating group) is 1. The summed E-state index contributed by atoms with van der Waals surface area (Å²) in [6.07, 6.45) is 13.0. The Kier molecular flexibility index (Phi) is 5.27. The van der Waals surface area contributed by atoms with Crippen LogP contribution < -0.4 is 0 Å². The van der Waals surface area contributed by atoms with Crippen LogP contribution in [0.3, 0.4) is 0 Å². The lowest BCUT2D eigenvalue weighted by Gasteiger charge is -2.37. The minimum absolute atomic E-state index is 0.182. The number of halogens is 1. The molecule has 0 unspecified atom stereocenters. The molecule has 5 rings (SSSR count). The molecule has 2 aromatic rings. The number of benzene rings is 1. The molecule has 6 nitrogen and oxygen atoms in total. The summed E-state index contributed by atoms with van der Waals surface area (Å²) in [4.78, 5) is 23.7. The Balaban J connectivity index is 1.45. The lowest BCUT2D eigenvalue weighted by atomic mass is 10.0. The number of carbonyl (C=O) groups excluding carboxylic acids is 1. The number of aromatic nitrogens is 1. The number of rotatable bonds is 3. The van der Waals surface area contributed by atoms with Gasteiger partial charge in [0.15, 0.2) is 17.3 Å². The van der Waals surface area contributed by atoms with Gasteiger partial charge in [0.2, 0.25) is 0 Å². The average molecular weight is 432 g/mol. The highest BCUT2D eigenvalue weighted by Crippen LogP contribution is 2.28. The van der Waals surface area contributed by atoms with E-state index in [2.05, 4.69) is 27.8 Å². The molecule has 0 saturated carbocycles. The van der Waals surface area contributed by atoms with E-state index in [0.717, 1.165) is 44.1 Å². The smallest absolute Gasteiger partial charge is 0.255 e. The third kappa shape index (κ3) is 3.80. The fourth-order valence-corrected chi connectivity index (χ4v) is 4.28. The van der Waals surface area contributed by atoms with Crippen LogP contribution in [0.4, 0.5) is 4.39 Å². The van der Waals surface area contributed by atoms with Crippen molar-refractivity contribution in [3.05, 3.63) is 83.5 Å². The number of carbonyl (C=O) groups is 1. The highest BCUT2D eigenvalue weighted by atomic mass is 19.1. The summed E-state index contributed by atoms with van der Waals surface area (Å²) in [5.74, 6) is -0.248. The van der Waals surface area contributed by atoms with Crippen molar-refractivity contribution in [3.8, 4) is 0 Å². The zero-order valence-electron chi connectivity index (χ0n) is 18.2. The predicted molar refractivity (Wildman–Crippen MR) is 122 cm³/mol. The number of amides is 1. The maximum absolute atomic E-state index is 14.6. The molecule has 7 heteroatoms. The Bertz CT molecular complexity index is 1230. The van der Waals surface area contributed by atoms with Crippen LogP contribution in [0.1, 0.15) is 18.4 Å².